The van der Waals surface area contributed by atoms with Crippen LogP contribution in [0.25, 0.3) is 5.76 Å². The second-order valence-electron chi connectivity index (χ2n) is 8.10. The summed E-state index contributed by atoms with van der Waals surface area (Å²) < 4.78 is 0. The summed E-state index contributed by atoms with van der Waals surface area (Å²) in [5.41, 5.74) is 6.14. The molecule has 0 radical (unpaired) electrons. The minimum absolute atomic E-state index is 0.111. The summed E-state index contributed by atoms with van der Waals surface area (Å²) in [5.74, 6) is -1.46. The maximum Gasteiger partial charge on any atom is 0.300 e. The normalized spacial score (nSPS) is 17.9. The Hall–Kier alpha value is -3.66. The molecular weight excluding hydrogens is 386 g/mol. The Morgan fingerprint density at radius 2 is 1.52 bits per heavy atom. The number of benzene rings is 3. The molecule has 31 heavy (non-hydrogen) atoms. The van der Waals surface area contributed by atoms with E-state index in [1.807, 2.05) is 88.4 Å². The summed E-state index contributed by atoms with van der Waals surface area (Å²) in [6, 6.07) is 19.9. The van der Waals surface area contributed by atoms with Crippen molar-refractivity contribution in [3.05, 3.63) is 106 Å². The summed E-state index contributed by atoms with van der Waals surface area (Å²) >= 11 is 0. The van der Waals surface area contributed by atoms with Gasteiger partial charge in [-0.3, -0.25) is 14.5 Å². The van der Waals surface area contributed by atoms with Gasteiger partial charge in [-0.25, -0.2) is 0 Å². The van der Waals surface area contributed by atoms with E-state index < -0.39 is 17.7 Å². The van der Waals surface area contributed by atoms with E-state index in [2.05, 4.69) is 0 Å². The van der Waals surface area contributed by atoms with Crippen LogP contribution in [0, 0.1) is 27.7 Å². The highest BCUT2D eigenvalue weighted by molar-refractivity contribution is 6.51. The molecule has 0 spiro atoms. The van der Waals surface area contributed by atoms with Gasteiger partial charge in [-0.15, -0.1) is 0 Å². The maximum absolute atomic E-state index is 13.3. The van der Waals surface area contributed by atoms with E-state index in [9.17, 15) is 14.7 Å². The maximum atomic E-state index is 13.3. The molecule has 4 nitrogen and oxygen atoms in total. The minimum atomic E-state index is -0.705. The van der Waals surface area contributed by atoms with Crippen molar-refractivity contribution in [3.63, 3.8) is 0 Å². The van der Waals surface area contributed by atoms with Crippen molar-refractivity contribution in [2.24, 2.45) is 0 Å². The second kappa shape index (κ2) is 7.88. The number of carbonyl (C=O) groups excluding carboxylic acids is 2. The molecule has 156 valence electrons. The molecule has 0 aromatic heterocycles. The van der Waals surface area contributed by atoms with Gasteiger partial charge in [-0.05, 0) is 67.6 Å². The molecule has 3 aromatic carbocycles. The standard InChI is InChI=1S/C27H25NO3/c1-16-13-14-21(15-18(16)3)25(29)23-24(20-10-6-5-7-11-20)28(27(31)26(23)30)22-12-8-9-17(2)19(22)4/h5-15,24,29H,1-4H3/b25-23+. The van der Waals surface area contributed by atoms with Gasteiger partial charge in [0.05, 0.1) is 11.6 Å². The highest BCUT2D eigenvalue weighted by atomic mass is 16.3. The highest BCUT2D eigenvalue weighted by Gasteiger charge is 2.47. The van der Waals surface area contributed by atoms with E-state index in [1.54, 1.807) is 6.07 Å². The number of aliphatic hydroxyl groups is 1. The average molecular weight is 412 g/mol. The topological polar surface area (TPSA) is 57.6 Å². The van der Waals surface area contributed by atoms with E-state index >= 15 is 0 Å². The van der Waals surface area contributed by atoms with Crippen LogP contribution in [0.1, 0.15) is 39.4 Å². The number of carbonyl (C=O) groups is 2. The molecule has 1 aliphatic heterocycles. The fraction of sp³-hybridized carbons (Fsp3) is 0.185. The van der Waals surface area contributed by atoms with Crippen LogP contribution in [0.3, 0.4) is 0 Å². The predicted octanol–water partition coefficient (Wildman–Crippen LogP) is 5.55. The highest BCUT2D eigenvalue weighted by Crippen LogP contribution is 2.43. The first-order valence-corrected chi connectivity index (χ1v) is 10.3. The Morgan fingerprint density at radius 1 is 0.806 bits per heavy atom. The molecule has 1 N–H and O–H groups in total. The SMILES string of the molecule is Cc1ccc(/C(O)=C2\C(=O)C(=O)N(c3cccc(C)c3C)C2c2ccccc2)cc1C. The summed E-state index contributed by atoms with van der Waals surface area (Å²) in [6.07, 6.45) is 0. The summed E-state index contributed by atoms with van der Waals surface area (Å²) in [5, 5.41) is 11.2. The number of aliphatic hydroxyl groups excluding tert-OH is 1. The molecule has 0 saturated carbocycles. The Bertz CT molecular complexity index is 1220. The van der Waals surface area contributed by atoms with E-state index in [0.717, 1.165) is 27.8 Å². The molecule has 1 heterocycles. The lowest BCUT2D eigenvalue weighted by molar-refractivity contribution is -0.132. The van der Waals surface area contributed by atoms with Gasteiger partial charge in [0.2, 0.25) is 0 Å². The van der Waals surface area contributed by atoms with Crippen LogP contribution in [0.5, 0.6) is 0 Å². The molecule has 1 unspecified atom stereocenters. The molecule has 0 bridgehead atoms. The first kappa shape index (κ1) is 20.6. The number of aryl methyl sites for hydroxylation is 3. The van der Waals surface area contributed by atoms with Gasteiger partial charge in [0, 0.05) is 11.3 Å². The molecular formula is C27H25NO3. The Morgan fingerprint density at radius 3 is 2.19 bits per heavy atom. The lowest BCUT2D eigenvalue weighted by Gasteiger charge is -2.27. The number of rotatable bonds is 3. The van der Waals surface area contributed by atoms with E-state index in [4.69, 9.17) is 0 Å². The third kappa shape index (κ3) is 3.44. The zero-order valence-electron chi connectivity index (χ0n) is 18.1. The van der Waals surface area contributed by atoms with Crippen LogP contribution in [0.15, 0.2) is 72.3 Å². The third-order valence-electron chi connectivity index (χ3n) is 6.18. The van der Waals surface area contributed by atoms with Crippen molar-refractivity contribution in [1.82, 2.24) is 0 Å². The predicted molar refractivity (Wildman–Crippen MR) is 123 cm³/mol. The smallest absolute Gasteiger partial charge is 0.300 e. The van der Waals surface area contributed by atoms with E-state index in [0.29, 0.717) is 11.3 Å². The van der Waals surface area contributed by atoms with Gasteiger partial charge in [-0.1, -0.05) is 54.6 Å². The zero-order chi connectivity index (χ0) is 22.3. The van der Waals surface area contributed by atoms with Gasteiger partial charge < -0.3 is 5.11 Å². The van der Waals surface area contributed by atoms with Crippen molar-refractivity contribution >= 4 is 23.1 Å². The van der Waals surface area contributed by atoms with Gasteiger partial charge in [-0.2, -0.15) is 0 Å². The molecule has 1 amide bonds. The number of hydrogen-bond acceptors (Lipinski definition) is 3. The number of Topliss-reactive ketones (excluding diaryl/α,β-unsaturated/α-hetero) is 1. The Kier molecular flexibility index (Phi) is 5.24. The van der Waals surface area contributed by atoms with Crippen LogP contribution in [0.2, 0.25) is 0 Å². The molecule has 1 atom stereocenters. The number of hydrogen-bond donors (Lipinski definition) is 1. The van der Waals surface area contributed by atoms with Crippen molar-refractivity contribution in [2.45, 2.75) is 33.7 Å². The van der Waals surface area contributed by atoms with Gasteiger partial charge in [0.1, 0.15) is 5.76 Å². The van der Waals surface area contributed by atoms with Gasteiger partial charge >= 0.3 is 0 Å². The molecule has 4 heteroatoms. The van der Waals surface area contributed by atoms with Crippen molar-refractivity contribution < 1.29 is 14.7 Å². The summed E-state index contributed by atoms with van der Waals surface area (Å²) in [7, 11) is 0. The van der Waals surface area contributed by atoms with Crippen LogP contribution in [-0.2, 0) is 9.59 Å². The summed E-state index contributed by atoms with van der Waals surface area (Å²) in [6.45, 7) is 7.86. The molecule has 0 aliphatic carbocycles. The fourth-order valence-electron chi connectivity index (χ4n) is 4.07. The molecule has 3 aromatic rings. The van der Waals surface area contributed by atoms with Crippen LogP contribution in [0.4, 0.5) is 5.69 Å². The lowest BCUT2D eigenvalue weighted by Crippen LogP contribution is -2.30. The fourth-order valence-corrected chi connectivity index (χ4v) is 4.07. The number of ketones is 1. The zero-order valence-corrected chi connectivity index (χ0v) is 18.1. The van der Waals surface area contributed by atoms with Crippen molar-refractivity contribution in [3.8, 4) is 0 Å². The van der Waals surface area contributed by atoms with E-state index in [1.165, 1.54) is 4.90 Å². The van der Waals surface area contributed by atoms with Crippen LogP contribution in [-0.4, -0.2) is 16.8 Å². The van der Waals surface area contributed by atoms with Crippen LogP contribution >= 0.6 is 0 Å². The van der Waals surface area contributed by atoms with E-state index in [-0.39, 0.29) is 11.3 Å². The minimum Gasteiger partial charge on any atom is -0.507 e. The van der Waals surface area contributed by atoms with Crippen LogP contribution < -0.4 is 4.90 Å². The van der Waals surface area contributed by atoms with Crippen molar-refractivity contribution in [1.29, 1.82) is 0 Å². The largest absolute Gasteiger partial charge is 0.507 e. The third-order valence-corrected chi connectivity index (χ3v) is 6.18. The summed E-state index contributed by atoms with van der Waals surface area (Å²) in [4.78, 5) is 28.0. The molecule has 1 fully saturated rings. The number of amides is 1. The average Bonchev–Trinajstić information content (AvgIpc) is 3.03. The monoisotopic (exact) mass is 411 g/mol. The quantitative estimate of drug-likeness (QED) is 0.349. The number of anilines is 1. The Balaban J connectivity index is 1.98. The first-order valence-electron chi connectivity index (χ1n) is 10.3. The molecule has 4 rings (SSSR count). The van der Waals surface area contributed by atoms with Gasteiger partial charge in [0.25, 0.3) is 11.7 Å². The van der Waals surface area contributed by atoms with Gasteiger partial charge in [0.15, 0.2) is 0 Å². The number of nitrogens with zero attached hydrogens (tertiary/aromatic N) is 1. The Labute approximate surface area is 182 Å². The lowest BCUT2D eigenvalue weighted by atomic mass is 9.94. The van der Waals surface area contributed by atoms with Crippen molar-refractivity contribution in [2.75, 3.05) is 4.90 Å². The molecule has 1 saturated heterocycles. The first-order chi connectivity index (χ1) is 14.8. The molecule has 1 aliphatic rings. The second-order valence-corrected chi connectivity index (χ2v) is 8.10.